The minimum Gasteiger partial charge on any atom is -0.492 e. The van der Waals surface area contributed by atoms with Gasteiger partial charge in [0.25, 0.3) is 0 Å². The molecule has 2 amide bonds. The quantitative estimate of drug-likeness (QED) is 0.598. The third-order valence-electron chi connectivity index (χ3n) is 5.23. The number of para-hydroxylation sites is 1. The zero-order chi connectivity index (χ0) is 22.1. The fraction of sp³-hybridized carbons (Fsp3) is 0.391. The Labute approximate surface area is 182 Å². The van der Waals surface area contributed by atoms with Crippen molar-refractivity contribution in [2.24, 2.45) is 0 Å². The van der Waals surface area contributed by atoms with Crippen molar-refractivity contribution in [2.75, 3.05) is 51.2 Å². The maximum absolute atomic E-state index is 13.3. The van der Waals surface area contributed by atoms with E-state index in [9.17, 15) is 14.0 Å². The number of halogens is 1. The van der Waals surface area contributed by atoms with Gasteiger partial charge < -0.3 is 15.4 Å². The Morgan fingerprint density at radius 1 is 1.06 bits per heavy atom. The molecule has 2 aromatic rings. The van der Waals surface area contributed by atoms with Gasteiger partial charge in [-0.2, -0.15) is 0 Å². The highest BCUT2D eigenvalue weighted by molar-refractivity contribution is 5.94. The summed E-state index contributed by atoms with van der Waals surface area (Å²) in [6, 6.07) is 15.0. The second-order valence-electron chi connectivity index (χ2n) is 7.50. The third kappa shape index (κ3) is 7.34. The van der Waals surface area contributed by atoms with Crippen LogP contribution in [0.2, 0.25) is 0 Å². The molecule has 1 saturated heterocycles. The first-order chi connectivity index (χ1) is 15.0. The second-order valence-corrected chi connectivity index (χ2v) is 7.50. The first-order valence-corrected chi connectivity index (χ1v) is 10.5. The van der Waals surface area contributed by atoms with E-state index in [-0.39, 0.29) is 23.7 Å². The van der Waals surface area contributed by atoms with E-state index < -0.39 is 0 Å². The Morgan fingerprint density at radius 3 is 2.52 bits per heavy atom. The van der Waals surface area contributed by atoms with Crippen molar-refractivity contribution in [3.63, 3.8) is 0 Å². The van der Waals surface area contributed by atoms with Crippen LogP contribution in [0.4, 0.5) is 10.1 Å². The van der Waals surface area contributed by atoms with Crippen molar-refractivity contribution in [3.05, 3.63) is 60.4 Å². The summed E-state index contributed by atoms with van der Waals surface area (Å²) in [6.45, 7) is 5.79. The number of hydrogen-bond acceptors (Lipinski definition) is 5. The summed E-state index contributed by atoms with van der Waals surface area (Å²) in [5.41, 5.74) is 0.448. The van der Waals surface area contributed by atoms with Gasteiger partial charge in [0.2, 0.25) is 11.8 Å². The standard InChI is InChI=1S/C23H29FN4O3/c1-18(23(30)26-20-7-5-6-19(24)16-20)28-13-11-27(12-14-28)17-22(29)25-10-15-31-21-8-3-2-4-9-21/h2-9,16,18H,10-15,17H2,1H3,(H,25,29)(H,26,30). The molecule has 0 radical (unpaired) electrons. The van der Waals surface area contributed by atoms with E-state index in [2.05, 4.69) is 20.4 Å². The van der Waals surface area contributed by atoms with E-state index in [4.69, 9.17) is 4.74 Å². The van der Waals surface area contributed by atoms with Crippen LogP contribution in [0.25, 0.3) is 0 Å². The minimum atomic E-state index is -0.385. The molecule has 2 aromatic carbocycles. The number of nitrogens with one attached hydrogen (secondary N) is 2. The van der Waals surface area contributed by atoms with Crippen molar-refractivity contribution < 1.29 is 18.7 Å². The zero-order valence-corrected chi connectivity index (χ0v) is 17.7. The maximum Gasteiger partial charge on any atom is 0.241 e. The predicted octanol–water partition coefficient (Wildman–Crippen LogP) is 1.97. The van der Waals surface area contributed by atoms with Crippen molar-refractivity contribution in [1.82, 2.24) is 15.1 Å². The maximum atomic E-state index is 13.3. The van der Waals surface area contributed by atoms with Crippen LogP contribution in [0.15, 0.2) is 54.6 Å². The molecule has 0 aromatic heterocycles. The minimum absolute atomic E-state index is 0.0398. The van der Waals surface area contributed by atoms with Crippen LogP contribution in [-0.2, 0) is 9.59 Å². The van der Waals surface area contributed by atoms with E-state index in [1.165, 1.54) is 12.1 Å². The molecule has 31 heavy (non-hydrogen) atoms. The fourth-order valence-corrected chi connectivity index (χ4v) is 3.42. The van der Waals surface area contributed by atoms with Gasteiger partial charge in [-0.05, 0) is 37.3 Å². The highest BCUT2D eigenvalue weighted by Gasteiger charge is 2.26. The van der Waals surface area contributed by atoms with E-state index in [0.717, 1.165) is 5.75 Å². The van der Waals surface area contributed by atoms with Crippen molar-refractivity contribution in [3.8, 4) is 5.75 Å². The Balaban J connectivity index is 1.33. The van der Waals surface area contributed by atoms with Crippen LogP contribution in [0.5, 0.6) is 5.75 Å². The number of rotatable bonds is 9. The topological polar surface area (TPSA) is 73.9 Å². The largest absolute Gasteiger partial charge is 0.492 e. The number of carbonyl (C=O) groups is 2. The number of carbonyl (C=O) groups excluding carboxylic acids is 2. The second kappa shape index (κ2) is 11.4. The van der Waals surface area contributed by atoms with Gasteiger partial charge in [-0.1, -0.05) is 24.3 Å². The van der Waals surface area contributed by atoms with Gasteiger partial charge in [0.1, 0.15) is 18.2 Å². The summed E-state index contributed by atoms with van der Waals surface area (Å²) in [6.07, 6.45) is 0. The molecule has 1 heterocycles. The molecule has 1 fully saturated rings. The van der Waals surface area contributed by atoms with Gasteiger partial charge in [0.15, 0.2) is 0 Å². The van der Waals surface area contributed by atoms with Gasteiger partial charge in [-0.3, -0.25) is 19.4 Å². The molecule has 3 rings (SSSR count). The van der Waals surface area contributed by atoms with Crippen LogP contribution < -0.4 is 15.4 Å². The van der Waals surface area contributed by atoms with Gasteiger partial charge >= 0.3 is 0 Å². The highest BCUT2D eigenvalue weighted by atomic mass is 19.1. The molecule has 0 aliphatic carbocycles. The number of hydrogen-bond donors (Lipinski definition) is 2. The SMILES string of the molecule is CC(C(=O)Nc1cccc(F)c1)N1CCN(CC(=O)NCCOc2ccccc2)CC1. The Kier molecular flexibility index (Phi) is 8.37. The third-order valence-corrected chi connectivity index (χ3v) is 5.23. The summed E-state index contributed by atoms with van der Waals surface area (Å²) < 4.78 is 18.9. The molecule has 0 spiro atoms. The van der Waals surface area contributed by atoms with Crippen molar-refractivity contribution >= 4 is 17.5 Å². The smallest absolute Gasteiger partial charge is 0.241 e. The number of amides is 2. The molecule has 1 aliphatic heterocycles. The molecule has 7 nitrogen and oxygen atoms in total. The van der Waals surface area contributed by atoms with Crippen LogP contribution in [0.3, 0.4) is 0 Å². The summed E-state index contributed by atoms with van der Waals surface area (Å²) in [4.78, 5) is 28.8. The molecule has 8 heteroatoms. The lowest BCUT2D eigenvalue weighted by Gasteiger charge is -2.37. The van der Waals surface area contributed by atoms with Crippen LogP contribution in [0.1, 0.15) is 6.92 Å². The van der Waals surface area contributed by atoms with Crippen molar-refractivity contribution in [2.45, 2.75) is 13.0 Å². The van der Waals surface area contributed by atoms with Crippen LogP contribution in [-0.4, -0.2) is 73.5 Å². The molecule has 1 aliphatic rings. The van der Waals surface area contributed by atoms with E-state index in [0.29, 0.717) is 51.6 Å². The molecule has 0 saturated carbocycles. The fourth-order valence-electron chi connectivity index (χ4n) is 3.42. The Bertz CT molecular complexity index is 857. The molecule has 1 unspecified atom stereocenters. The van der Waals surface area contributed by atoms with Crippen molar-refractivity contribution in [1.29, 1.82) is 0 Å². The molecule has 166 valence electrons. The first kappa shape index (κ1) is 22.7. The monoisotopic (exact) mass is 428 g/mol. The molecule has 0 bridgehead atoms. The summed E-state index contributed by atoms with van der Waals surface area (Å²) >= 11 is 0. The number of piperazine rings is 1. The normalized spacial score (nSPS) is 15.8. The molecular formula is C23H29FN4O3. The lowest BCUT2D eigenvalue weighted by Crippen LogP contribution is -2.54. The number of nitrogens with zero attached hydrogens (tertiary/aromatic N) is 2. The predicted molar refractivity (Wildman–Crippen MR) is 117 cm³/mol. The van der Waals surface area contributed by atoms with Gasteiger partial charge in [0.05, 0.1) is 19.1 Å². The summed E-state index contributed by atoms with van der Waals surface area (Å²) in [7, 11) is 0. The molecular weight excluding hydrogens is 399 g/mol. The van der Waals surface area contributed by atoms with E-state index >= 15 is 0 Å². The highest BCUT2D eigenvalue weighted by Crippen LogP contribution is 2.12. The number of anilines is 1. The van der Waals surface area contributed by atoms with Gasteiger partial charge in [0, 0.05) is 31.9 Å². The Morgan fingerprint density at radius 2 is 1.81 bits per heavy atom. The summed E-state index contributed by atoms with van der Waals surface area (Å²) in [5.74, 6) is 0.185. The first-order valence-electron chi connectivity index (χ1n) is 10.5. The van der Waals surface area contributed by atoms with Gasteiger partial charge in [-0.15, -0.1) is 0 Å². The van der Waals surface area contributed by atoms with Crippen LogP contribution >= 0.6 is 0 Å². The van der Waals surface area contributed by atoms with Gasteiger partial charge in [-0.25, -0.2) is 4.39 Å². The Hall–Kier alpha value is -2.97. The molecule has 1 atom stereocenters. The van der Waals surface area contributed by atoms with E-state index in [1.54, 1.807) is 12.1 Å². The lowest BCUT2D eigenvalue weighted by atomic mass is 10.2. The van der Waals surface area contributed by atoms with E-state index in [1.807, 2.05) is 37.3 Å². The number of benzene rings is 2. The van der Waals surface area contributed by atoms with Crippen LogP contribution in [0, 0.1) is 5.82 Å². The zero-order valence-electron chi connectivity index (χ0n) is 17.7. The lowest BCUT2D eigenvalue weighted by molar-refractivity contribution is -0.124. The average Bonchev–Trinajstić information content (AvgIpc) is 2.77. The number of ether oxygens (including phenoxy) is 1. The molecule has 2 N–H and O–H groups in total. The summed E-state index contributed by atoms with van der Waals surface area (Å²) in [5, 5.41) is 5.62. The average molecular weight is 429 g/mol.